The summed E-state index contributed by atoms with van der Waals surface area (Å²) in [5.74, 6) is -0.0917. The van der Waals surface area contributed by atoms with Gasteiger partial charge in [0.2, 0.25) is 10.0 Å². The van der Waals surface area contributed by atoms with Gasteiger partial charge >= 0.3 is 37.2 Å². The number of sulfonamides is 1. The number of benzene rings is 2. The number of nitro groups is 1. The SMILES string of the molecule is Cc1ccc(S(=O)(=O)NCP(=O)(O)Oc2ccc([N+](=O)[O-])cc2)cc1.[NaH]. The Kier molecular flexibility index (Phi) is 7.97. The normalized spacial score (nSPS) is 13.3. The maximum atomic E-state index is 12.1. The quantitative estimate of drug-likeness (QED) is 0.307. The van der Waals surface area contributed by atoms with Gasteiger partial charge < -0.3 is 9.42 Å². The van der Waals surface area contributed by atoms with Gasteiger partial charge in [-0.3, -0.25) is 10.1 Å². The van der Waals surface area contributed by atoms with E-state index >= 15 is 0 Å². The topological polar surface area (TPSA) is 136 Å². The molecule has 26 heavy (non-hydrogen) atoms. The van der Waals surface area contributed by atoms with Crippen LogP contribution in [0.15, 0.2) is 53.4 Å². The first kappa shape index (κ1) is 22.8. The van der Waals surface area contributed by atoms with Crippen LogP contribution in [0.5, 0.6) is 5.75 Å². The Morgan fingerprint density at radius 1 is 1.15 bits per heavy atom. The van der Waals surface area contributed by atoms with Gasteiger partial charge in [-0.15, -0.1) is 0 Å². The minimum absolute atomic E-state index is 0. The Balaban J connectivity index is 0.00000338. The molecule has 0 aliphatic carbocycles. The summed E-state index contributed by atoms with van der Waals surface area (Å²) in [7, 11) is -8.31. The van der Waals surface area contributed by atoms with Crippen molar-refractivity contribution in [2.45, 2.75) is 11.8 Å². The summed E-state index contributed by atoms with van der Waals surface area (Å²) in [5.41, 5.74) is 0.661. The van der Waals surface area contributed by atoms with E-state index in [0.717, 1.165) is 29.8 Å². The van der Waals surface area contributed by atoms with Crippen LogP contribution in [0, 0.1) is 17.0 Å². The van der Waals surface area contributed by atoms with Crippen LogP contribution in [0.3, 0.4) is 0 Å². The van der Waals surface area contributed by atoms with Gasteiger partial charge in [0.1, 0.15) is 12.0 Å². The van der Waals surface area contributed by atoms with E-state index in [-0.39, 0.29) is 45.9 Å². The molecule has 2 N–H and O–H groups in total. The summed E-state index contributed by atoms with van der Waals surface area (Å²) in [4.78, 5) is 19.6. The third kappa shape index (κ3) is 6.48. The Morgan fingerprint density at radius 2 is 1.69 bits per heavy atom. The van der Waals surface area contributed by atoms with Gasteiger partial charge in [-0.1, -0.05) is 17.7 Å². The van der Waals surface area contributed by atoms with Gasteiger partial charge in [-0.05, 0) is 31.2 Å². The van der Waals surface area contributed by atoms with E-state index in [1.807, 2.05) is 4.72 Å². The van der Waals surface area contributed by atoms with Gasteiger partial charge in [-0.2, -0.15) is 4.72 Å². The van der Waals surface area contributed by atoms with Crippen molar-refractivity contribution in [3.8, 4) is 5.75 Å². The molecule has 136 valence electrons. The van der Waals surface area contributed by atoms with E-state index in [1.54, 1.807) is 19.1 Å². The number of rotatable bonds is 7. The van der Waals surface area contributed by atoms with Crippen LogP contribution in [-0.4, -0.2) is 54.1 Å². The van der Waals surface area contributed by atoms with E-state index in [0.29, 0.717) is 0 Å². The zero-order chi connectivity index (χ0) is 18.7. The molecule has 0 aliphatic rings. The molecule has 0 saturated carbocycles. The Hall–Kier alpha value is -1.26. The molecule has 2 rings (SSSR count). The van der Waals surface area contributed by atoms with Crippen molar-refractivity contribution >= 4 is 52.9 Å². The molecule has 2 aromatic carbocycles. The average molecular weight is 410 g/mol. The number of hydrogen-bond acceptors (Lipinski definition) is 6. The van der Waals surface area contributed by atoms with Crippen molar-refractivity contribution in [2.24, 2.45) is 0 Å². The molecular formula is C14H16N2NaO7PS. The molecule has 12 heteroatoms. The van der Waals surface area contributed by atoms with Crippen LogP contribution in [0.25, 0.3) is 0 Å². The summed E-state index contributed by atoms with van der Waals surface area (Å²) in [6.45, 7) is 1.80. The monoisotopic (exact) mass is 410 g/mol. The van der Waals surface area contributed by atoms with Crippen molar-refractivity contribution in [1.82, 2.24) is 4.72 Å². The molecule has 2 aromatic rings. The molecule has 1 unspecified atom stereocenters. The average Bonchev–Trinajstić information content (AvgIpc) is 2.54. The van der Waals surface area contributed by atoms with Crippen LogP contribution < -0.4 is 9.25 Å². The zero-order valence-electron chi connectivity index (χ0n) is 13.0. The molecule has 0 aromatic heterocycles. The Labute approximate surface area is 172 Å². The second-order valence-corrected chi connectivity index (χ2v) is 8.64. The second kappa shape index (κ2) is 9.09. The van der Waals surface area contributed by atoms with E-state index in [4.69, 9.17) is 4.52 Å². The molecule has 0 spiro atoms. The molecule has 0 amide bonds. The standard InChI is InChI=1S/C14H15N2O7PS.Na.H/c1-11-2-8-14(9-3-11)25(21,22)15-10-24(19,20)23-13-6-4-12(5-7-13)16(17)18;;/h2-9,15H,10H2,1H3,(H,19,20);;. The summed E-state index contributed by atoms with van der Waals surface area (Å²) >= 11 is 0. The van der Waals surface area contributed by atoms with E-state index in [1.165, 1.54) is 12.1 Å². The molecule has 1 atom stereocenters. The Bertz CT molecular complexity index is 917. The number of aryl methyl sites for hydroxylation is 1. The molecule has 0 fully saturated rings. The van der Waals surface area contributed by atoms with Gasteiger partial charge in [0.25, 0.3) is 5.69 Å². The summed E-state index contributed by atoms with van der Waals surface area (Å²) < 4.78 is 43.0. The molecule has 0 aliphatic heterocycles. The van der Waals surface area contributed by atoms with Crippen molar-refractivity contribution in [1.29, 1.82) is 0 Å². The number of hydrogen-bond donors (Lipinski definition) is 2. The van der Waals surface area contributed by atoms with Gasteiger partial charge in [0.05, 0.1) is 9.82 Å². The van der Waals surface area contributed by atoms with Crippen LogP contribution in [0.1, 0.15) is 5.56 Å². The molecule has 9 nitrogen and oxygen atoms in total. The van der Waals surface area contributed by atoms with Crippen molar-refractivity contribution < 1.29 is 27.3 Å². The third-order valence-corrected chi connectivity index (χ3v) is 5.77. The molecule has 0 bridgehead atoms. The number of nitrogens with zero attached hydrogens (tertiary/aromatic N) is 1. The van der Waals surface area contributed by atoms with Crippen molar-refractivity contribution in [2.75, 3.05) is 6.29 Å². The van der Waals surface area contributed by atoms with Crippen LogP contribution >= 0.6 is 7.60 Å². The van der Waals surface area contributed by atoms with Crippen LogP contribution in [-0.2, 0) is 14.6 Å². The molecule has 0 radical (unpaired) electrons. The van der Waals surface area contributed by atoms with Crippen molar-refractivity contribution in [3.63, 3.8) is 0 Å². The minimum atomic E-state index is -4.34. The van der Waals surface area contributed by atoms with E-state index < -0.39 is 28.8 Å². The summed E-state index contributed by atoms with van der Waals surface area (Å²) in [5, 5.41) is 10.5. The van der Waals surface area contributed by atoms with Crippen LogP contribution in [0.4, 0.5) is 5.69 Å². The fourth-order valence-corrected chi connectivity index (χ4v) is 4.30. The third-order valence-electron chi connectivity index (χ3n) is 3.08. The molecular weight excluding hydrogens is 394 g/mol. The molecule has 0 heterocycles. The van der Waals surface area contributed by atoms with Crippen LogP contribution in [0.2, 0.25) is 0 Å². The number of nitro benzene ring substituents is 1. The first-order chi connectivity index (χ1) is 11.6. The van der Waals surface area contributed by atoms with Gasteiger partial charge in [-0.25, -0.2) is 13.0 Å². The summed E-state index contributed by atoms with van der Waals surface area (Å²) in [6, 6.07) is 10.4. The van der Waals surface area contributed by atoms with Gasteiger partial charge in [0.15, 0.2) is 0 Å². The fourth-order valence-electron chi connectivity index (χ4n) is 1.79. The van der Waals surface area contributed by atoms with Crippen molar-refractivity contribution in [3.05, 3.63) is 64.2 Å². The van der Waals surface area contributed by atoms with E-state index in [9.17, 15) is 28.0 Å². The predicted octanol–water partition coefficient (Wildman–Crippen LogP) is 1.75. The van der Waals surface area contributed by atoms with E-state index in [2.05, 4.69) is 0 Å². The molecule has 0 saturated heterocycles. The zero-order valence-corrected chi connectivity index (χ0v) is 14.7. The first-order valence-electron chi connectivity index (χ1n) is 6.91. The Morgan fingerprint density at radius 3 is 2.19 bits per heavy atom. The number of non-ortho nitro benzene ring substituents is 1. The fraction of sp³-hybridized carbons (Fsp3) is 0.143. The predicted molar refractivity (Wildman–Crippen MR) is 97.1 cm³/mol. The second-order valence-electron chi connectivity index (χ2n) is 5.10. The first-order valence-corrected chi connectivity index (χ1v) is 10.2. The summed E-state index contributed by atoms with van der Waals surface area (Å²) in [6.07, 6.45) is -0.847. The van der Waals surface area contributed by atoms with Gasteiger partial charge in [0, 0.05) is 12.1 Å². The maximum absolute atomic E-state index is 12.1. The number of nitrogens with one attached hydrogen (secondary N) is 1.